The van der Waals surface area contributed by atoms with Crippen LogP contribution in [0.1, 0.15) is 11.5 Å². The van der Waals surface area contributed by atoms with Gasteiger partial charge in [-0.15, -0.1) is 0 Å². The first-order chi connectivity index (χ1) is 7.09. The van der Waals surface area contributed by atoms with Crippen LogP contribution in [0.5, 0.6) is 0 Å². The van der Waals surface area contributed by atoms with Gasteiger partial charge in [-0.1, -0.05) is 15.9 Å². The number of halogens is 1. The van der Waals surface area contributed by atoms with Crippen molar-refractivity contribution in [2.75, 3.05) is 0 Å². The number of hydrogen-bond donors (Lipinski definition) is 1. The zero-order valence-electron chi connectivity index (χ0n) is 8.49. The molecule has 0 unspecified atom stereocenters. The van der Waals surface area contributed by atoms with E-state index in [1.807, 2.05) is 31.2 Å². The number of nitrogens with zero attached hydrogens (tertiary/aromatic N) is 1. The normalized spacial score (nSPS) is 10.6. The maximum atomic E-state index is 9.75. The van der Waals surface area contributed by atoms with Crippen LogP contribution in [-0.2, 0) is 0 Å². The lowest BCUT2D eigenvalue weighted by Crippen LogP contribution is -2.33. The predicted molar refractivity (Wildman–Crippen MR) is 58.7 cm³/mol. The number of hydrogen-bond acceptors (Lipinski definition) is 2. The largest absolute Gasteiger partial charge is 0.429 e. The van der Waals surface area contributed by atoms with Crippen LogP contribution in [0.3, 0.4) is 0 Å². The smallest absolute Gasteiger partial charge is 0.400 e. The molecular weight excluding hydrogens is 258 g/mol. The van der Waals surface area contributed by atoms with Gasteiger partial charge in [0.2, 0.25) is 0 Å². The molecule has 0 aliphatic rings. The van der Waals surface area contributed by atoms with Gasteiger partial charge < -0.3 is 4.42 Å². The van der Waals surface area contributed by atoms with Crippen molar-refractivity contribution in [1.29, 1.82) is 0 Å². The first-order valence-electron chi connectivity index (χ1n) is 4.57. The second kappa shape index (κ2) is 3.70. The average Bonchev–Trinajstić information content (AvgIpc) is 2.47. The van der Waals surface area contributed by atoms with Crippen LogP contribution in [0, 0.1) is 13.8 Å². The highest BCUT2D eigenvalue weighted by atomic mass is 79.9. The molecule has 3 nitrogen and oxygen atoms in total. The van der Waals surface area contributed by atoms with Gasteiger partial charge >= 0.3 is 5.89 Å². The van der Waals surface area contributed by atoms with Crippen LogP contribution >= 0.6 is 15.9 Å². The SMILES string of the molecule is Cc1oc(-c2ccc(Br)cc2)[n+](O)c1C. The molecule has 4 heteroatoms. The highest BCUT2D eigenvalue weighted by molar-refractivity contribution is 9.10. The summed E-state index contributed by atoms with van der Waals surface area (Å²) in [6.07, 6.45) is 0. The summed E-state index contributed by atoms with van der Waals surface area (Å²) in [6.45, 7) is 3.63. The van der Waals surface area contributed by atoms with E-state index >= 15 is 0 Å². The quantitative estimate of drug-likeness (QED) is 0.638. The third kappa shape index (κ3) is 1.77. The Morgan fingerprint density at radius 1 is 1.20 bits per heavy atom. The van der Waals surface area contributed by atoms with Crippen molar-refractivity contribution in [2.45, 2.75) is 13.8 Å². The fraction of sp³-hybridized carbons (Fsp3) is 0.182. The van der Waals surface area contributed by atoms with Crippen molar-refractivity contribution in [3.05, 3.63) is 40.2 Å². The lowest BCUT2D eigenvalue weighted by Gasteiger charge is -1.91. The molecule has 0 aliphatic heterocycles. The third-order valence-corrected chi connectivity index (χ3v) is 2.89. The van der Waals surface area contributed by atoms with Gasteiger partial charge in [-0.25, -0.2) is 0 Å². The minimum atomic E-state index is 0.456. The summed E-state index contributed by atoms with van der Waals surface area (Å²) in [6, 6.07) is 7.58. The molecule has 0 aliphatic carbocycles. The Balaban J connectivity index is 2.54. The zero-order valence-corrected chi connectivity index (χ0v) is 10.1. The van der Waals surface area contributed by atoms with Gasteiger partial charge in [0.05, 0.1) is 10.3 Å². The van der Waals surface area contributed by atoms with E-state index in [9.17, 15) is 5.21 Å². The summed E-state index contributed by atoms with van der Waals surface area (Å²) in [5, 5.41) is 9.75. The molecule has 0 spiro atoms. The molecule has 15 heavy (non-hydrogen) atoms. The molecule has 0 bridgehead atoms. The second-order valence-corrected chi connectivity index (χ2v) is 4.28. The van der Waals surface area contributed by atoms with E-state index in [4.69, 9.17) is 4.42 Å². The fourth-order valence-corrected chi connectivity index (χ4v) is 1.60. The Bertz CT molecular complexity index is 488. The van der Waals surface area contributed by atoms with E-state index < -0.39 is 0 Å². The Morgan fingerprint density at radius 2 is 1.80 bits per heavy atom. The molecule has 0 radical (unpaired) electrons. The minimum absolute atomic E-state index is 0.456. The molecule has 0 fully saturated rings. The molecular formula is C11H11BrNO2+. The summed E-state index contributed by atoms with van der Waals surface area (Å²) in [7, 11) is 0. The Morgan fingerprint density at radius 3 is 2.27 bits per heavy atom. The van der Waals surface area contributed by atoms with Crippen molar-refractivity contribution in [3.8, 4) is 11.5 Å². The molecule has 0 atom stereocenters. The van der Waals surface area contributed by atoms with E-state index in [1.165, 1.54) is 0 Å². The van der Waals surface area contributed by atoms with Crippen molar-refractivity contribution in [2.24, 2.45) is 0 Å². The van der Waals surface area contributed by atoms with Crippen LogP contribution < -0.4 is 4.73 Å². The van der Waals surface area contributed by atoms with Crippen LogP contribution in [-0.4, -0.2) is 5.21 Å². The lowest BCUT2D eigenvalue weighted by molar-refractivity contribution is -0.901. The number of aryl methyl sites for hydroxylation is 1. The van der Waals surface area contributed by atoms with E-state index in [-0.39, 0.29) is 0 Å². The average molecular weight is 269 g/mol. The van der Waals surface area contributed by atoms with E-state index in [0.29, 0.717) is 11.6 Å². The first kappa shape index (κ1) is 10.2. The van der Waals surface area contributed by atoms with Crippen LogP contribution in [0.25, 0.3) is 11.5 Å². The van der Waals surface area contributed by atoms with Crippen molar-refractivity contribution in [1.82, 2.24) is 0 Å². The Kier molecular flexibility index (Phi) is 2.52. The van der Waals surface area contributed by atoms with Gasteiger partial charge in [0.1, 0.15) is 0 Å². The molecule has 78 valence electrons. The molecule has 2 aromatic rings. The maximum absolute atomic E-state index is 9.75. The summed E-state index contributed by atoms with van der Waals surface area (Å²) in [4.78, 5) is 0. The van der Waals surface area contributed by atoms with Crippen molar-refractivity contribution >= 4 is 15.9 Å². The number of aromatic nitrogens is 1. The summed E-state index contributed by atoms with van der Waals surface area (Å²) < 4.78 is 7.53. The van der Waals surface area contributed by atoms with Crippen molar-refractivity contribution in [3.63, 3.8) is 0 Å². The highest BCUT2D eigenvalue weighted by Gasteiger charge is 2.24. The summed E-state index contributed by atoms with van der Waals surface area (Å²) in [5.74, 6) is 1.17. The third-order valence-electron chi connectivity index (χ3n) is 2.36. The molecule has 1 N–H and O–H groups in total. The molecule has 0 amide bonds. The van der Waals surface area contributed by atoms with Gasteiger partial charge in [-0.3, -0.25) is 5.21 Å². The van der Waals surface area contributed by atoms with Gasteiger partial charge in [-0.2, -0.15) is 0 Å². The molecule has 1 heterocycles. The molecule has 1 aromatic heterocycles. The lowest BCUT2D eigenvalue weighted by atomic mass is 10.2. The fourth-order valence-electron chi connectivity index (χ4n) is 1.34. The van der Waals surface area contributed by atoms with Crippen molar-refractivity contribution < 1.29 is 14.4 Å². The highest BCUT2D eigenvalue weighted by Crippen LogP contribution is 2.21. The number of benzene rings is 1. The molecule has 1 aromatic carbocycles. The molecule has 0 saturated heterocycles. The topological polar surface area (TPSA) is 37.2 Å². The molecule has 0 saturated carbocycles. The van der Waals surface area contributed by atoms with Crippen LogP contribution in [0.2, 0.25) is 0 Å². The van der Waals surface area contributed by atoms with E-state index in [1.54, 1.807) is 6.92 Å². The molecule has 2 rings (SSSR count). The predicted octanol–water partition coefficient (Wildman–Crippen LogP) is 2.85. The van der Waals surface area contributed by atoms with Gasteiger partial charge in [0, 0.05) is 18.3 Å². The monoisotopic (exact) mass is 268 g/mol. The Labute approximate surface area is 96.1 Å². The second-order valence-electron chi connectivity index (χ2n) is 3.37. The van der Waals surface area contributed by atoms with Gasteiger partial charge in [0.25, 0.3) is 5.69 Å². The van der Waals surface area contributed by atoms with Crippen LogP contribution in [0.15, 0.2) is 33.2 Å². The maximum Gasteiger partial charge on any atom is 0.429 e. The minimum Gasteiger partial charge on any atom is -0.400 e. The van der Waals surface area contributed by atoms with Gasteiger partial charge in [0.15, 0.2) is 5.76 Å². The summed E-state index contributed by atoms with van der Waals surface area (Å²) >= 11 is 3.36. The standard InChI is InChI=1S/C11H11BrNO2/c1-7-8(2)15-11(13(7)14)9-3-5-10(12)6-4-9/h3-6,14H,1-2H3/q+1. The van der Waals surface area contributed by atoms with E-state index in [0.717, 1.165) is 20.5 Å². The first-order valence-corrected chi connectivity index (χ1v) is 5.36. The number of oxazole rings is 1. The Hall–Kier alpha value is -1.29. The van der Waals surface area contributed by atoms with E-state index in [2.05, 4.69) is 15.9 Å². The van der Waals surface area contributed by atoms with Crippen LogP contribution in [0.4, 0.5) is 0 Å². The van der Waals surface area contributed by atoms with Gasteiger partial charge in [-0.05, 0) is 24.3 Å². The number of rotatable bonds is 1. The summed E-state index contributed by atoms with van der Waals surface area (Å²) in [5.41, 5.74) is 1.56. The zero-order chi connectivity index (χ0) is 11.0.